The van der Waals surface area contributed by atoms with Crippen LogP contribution in [0.2, 0.25) is 5.02 Å². The van der Waals surface area contributed by atoms with Crippen LogP contribution in [0.3, 0.4) is 0 Å². The maximum absolute atomic E-state index is 10.8. The van der Waals surface area contributed by atoms with E-state index >= 15 is 0 Å². The van der Waals surface area contributed by atoms with Crippen molar-refractivity contribution in [1.82, 2.24) is 4.98 Å². The average molecular weight is 238 g/mol. The first-order valence-electron chi connectivity index (χ1n) is 5.07. The van der Waals surface area contributed by atoms with E-state index in [9.17, 15) is 4.79 Å². The monoisotopic (exact) mass is 237 g/mol. The Bertz CT molecular complexity index is 533. The molecule has 0 aliphatic rings. The van der Waals surface area contributed by atoms with Gasteiger partial charge >= 0.3 is 5.97 Å². The van der Waals surface area contributed by atoms with Crippen LogP contribution >= 0.6 is 11.6 Å². The summed E-state index contributed by atoms with van der Waals surface area (Å²) >= 11 is 6.06. The topological polar surface area (TPSA) is 53.1 Å². The maximum Gasteiger partial charge on any atom is 0.306 e. The molecule has 2 N–H and O–H groups in total. The highest BCUT2D eigenvalue weighted by molar-refractivity contribution is 6.35. The summed E-state index contributed by atoms with van der Waals surface area (Å²) in [4.78, 5) is 13.9. The lowest BCUT2D eigenvalue weighted by atomic mass is 9.98. The lowest BCUT2D eigenvalue weighted by Gasteiger charge is -2.07. The molecule has 84 valence electrons. The number of rotatable bonds is 3. The first kappa shape index (κ1) is 11.0. The number of nitrogens with one attached hydrogen (secondary N) is 1. The molecule has 0 radical (unpaired) electrons. The van der Waals surface area contributed by atoms with Crippen LogP contribution in [-0.4, -0.2) is 16.1 Å². The third kappa shape index (κ3) is 1.91. The number of carbonyl (C=O) groups is 1. The molecule has 2 aromatic rings. The van der Waals surface area contributed by atoms with E-state index in [4.69, 9.17) is 16.7 Å². The van der Waals surface area contributed by atoms with Gasteiger partial charge in [0.15, 0.2) is 0 Å². The van der Waals surface area contributed by atoms with Crippen LogP contribution in [-0.2, 0) is 11.2 Å². The molecular formula is C12H12ClNO2. The van der Waals surface area contributed by atoms with Crippen LogP contribution in [0, 0.1) is 5.92 Å². The minimum atomic E-state index is -0.788. The average Bonchev–Trinajstić information content (AvgIpc) is 2.61. The fraction of sp³-hybridized carbons (Fsp3) is 0.250. The van der Waals surface area contributed by atoms with Crippen LogP contribution < -0.4 is 0 Å². The van der Waals surface area contributed by atoms with Crippen molar-refractivity contribution in [2.45, 2.75) is 13.3 Å². The fourth-order valence-corrected chi connectivity index (χ4v) is 2.08. The van der Waals surface area contributed by atoms with E-state index in [1.165, 1.54) is 0 Å². The van der Waals surface area contributed by atoms with Crippen molar-refractivity contribution in [3.05, 3.63) is 35.0 Å². The number of aliphatic carboxylic acids is 1. The summed E-state index contributed by atoms with van der Waals surface area (Å²) in [5, 5.41) is 10.5. The van der Waals surface area contributed by atoms with E-state index in [1.807, 2.05) is 18.2 Å². The second-order valence-corrected chi connectivity index (χ2v) is 4.33. The summed E-state index contributed by atoms with van der Waals surface area (Å²) in [5.74, 6) is -1.19. The van der Waals surface area contributed by atoms with Gasteiger partial charge in [-0.1, -0.05) is 30.7 Å². The van der Waals surface area contributed by atoms with Gasteiger partial charge in [-0.05, 0) is 18.1 Å². The van der Waals surface area contributed by atoms with Gasteiger partial charge in [0.1, 0.15) is 0 Å². The van der Waals surface area contributed by atoms with Gasteiger partial charge in [-0.2, -0.15) is 0 Å². The Balaban J connectivity index is 2.44. The number of hydrogen-bond acceptors (Lipinski definition) is 1. The van der Waals surface area contributed by atoms with E-state index in [0.29, 0.717) is 11.4 Å². The quantitative estimate of drug-likeness (QED) is 0.862. The zero-order valence-electron chi connectivity index (χ0n) is 8.83. The second kappa shape index (κ2) is 4.18. The Kier molecular flexibility index (Phi) is 2.88. The van der Waals surface area contributed by atoms with Gasteiger partial charge < -0.3 is 10.1 Å². The Morgan fingerprint density at radius 2 is 2.31 bits per heavy atom. The molecule has 4 heteroatoms. The number of benzene rings is 1. The largest absolute Gasteiger partial charge is 0.481 e. The molecule has 0 bridgehead atoms. The molecule has 0 aliphatic carbocycles. The molecule has 16 heavy (non-hydrogen) atoms. The van der Waals surface area contributed by atoms with E-state index in [2.05, 4.69) is 4.98 Å². The molecule has 0 spiro atoms. The molecule has 1 unspecified atom stereocenters. The van der Waals surface area contributed by atoms with Crippen LogP contribution in [0.1, 0.15) is 12.5 Å². The molecule has 0 fully saturated rings. The predicted molar refractivity (Wildman–Crippen MR) is 63.8 cm³/mol. The van der Waals surface area contributed by atoms with Gasteiger partial charge in [-0.15, -0.1) is 0 Å². The molecule has 2 rings (SSSR count). The summed E-state index contributed by atoms with van der Waals surface area (Å²) in [7, 11) is 0. The second-order valence-electron chi connectivity index (χ2n) is 3.92. The number of fused-ring (bicyclic) bond motifs is 1. The van der Waals surface area contributed by atoms with Crippen molar-refractivity contribution >= 4 is 28.5 Å². The molecular weight excluding hydrogens is 226 g/mol. The summed E-state index contributed by atoms with van der Waals surface area (Å²) in [6.07, 6.45) is 2.21. The number of hydrogen-bond donors (Lipinski definition) is 2. The van der Waals surface area contributed by atoms with E-state index in [0.717, 1.165) is 16.5 Å². The number of aromatic nitrogens is 1. The standard InChI is InChI=1S/C12H12ClNO2/c1-7(12(15)16)5-8-3-2-4-10-11(8)9(13)6-14-10/h2-4,6-7,14H,5H2,1H3,(H,15,16). The van der Waals surface area contributed by atoms with Crippen molar-refractivity contribution in [3.63, 3.8) is 0 Å². The third-order valence-corrected chi connectivity index (χ3v) is 2.99. The van der Waals surface area contributed by atoms with Crippen molar-refractivity contribution in [3.8, 4) is 0 Å². The Labute approximate surface area is 98.0 Å². The summed E-state index contributed by atoms with van der Waals surface area (Å²) in [6.45, 7) is 1.70. The normalized spacial score (nSPS) is 12.9. The van der Waals surface area contributed by atoms with Gasteiger partial charge in [0.25, 0.3) is 0 Å². The number of halogens is 1. The van der Waals surface area contributed by atoms with Crippen molar-refractivity contribution in [2.24, 2.45) is 5.92 Å². The van der Waals surface area contributed by atoms with Crippen LogP contribution in [0.4, 0.5) is 0 Å². The number of carboxylic acid groups (broad SMARTS) is 1. The minimum absolute atomic E-state index is 0.406. The van der Waals surface area contributed by atoms with E-state index < -0.39 is 11.9 Å². The lowest BCUT2D eigenvalue weighted by Crippen LogP contribution is -2.12. The van der Waals surface area contributed by atoms with Crippen molar-refractivity contribution < 1.29 is 9.90 Å². The first-order valence-corrected chi connectivity index (χ1v) is 5.44. The number of carboxylic acids is 1. The third-order valence-electron chi connectivity index (χ3n) is 2.69. The van der Waals surface area contributed by atoms with Gasteiger partial charge in [0.05, 0.1) is 10.9 Å². The highest BCUT2D eigenvalue weighted by Crippen LogP contribution is 2.28. The molecule has 1 atom stereocenters. The van der Waals surface area contributed by atoms with Crippen LogP contribution in [0.5, 0.6) is 0 Å². The van der Waals surface area contributed by atoms with E-state index in [-0.39, 0.29) is 0 Å². The predicted octanol–water partition coefficient (Wildman–Crippen LogP) is 3.08. The first-order chi connectivity index (χ1) is 7.59. The summed E-state index contributed by atoms with van der Waals surface area (Å²) in [6, 6.07) is 5.75. The zero-order valence-corrected chi connectivity index (χ0v) is 9.58. The van der Waals surface area contributed by atoms with E-state index in [1.54, 1.807) is 13.1 Å². The fourth-order valence-electron chi connectivity index (χ4n) is 1.80. The van der Waals surface area contributed by atoms with Gasteiger partial charge in [-0.3, -0.25) is 4.79 Å². The van der Waals surface area contributed by atoms with Crippen LogP contribution in [0.15, 0.2) is 24.4 Å². The summed E-state index contributed by atoms with van der Waals surface area (Å²) in [5.41, 5.74) is 1.92. The molecule has 0 amide bonds. The SMILES string of the molecule is CC(Cc1cccc2[nH]cc(Cl)c12)C(=O)O. The zero-order chi connectivity index (χ0) is 11.7. The maximum atomic E-state index is 10.8. The van der Waals surface area contributed by atoms with Gasteiger partial charge in [0, 0.05) is 17.1 Å². The molecule has 0 saturated heterocycles. The number of H-pyrrole nitrogens is 1. The highest BCUT2D eigenvalue weighted by atomic mass is 35.5. The Morgan fingerprint density at radius 3 is 3.00 bits per heavy atom. The molecule has 0 aliphatic heterocycles. The Morgan fingerprint density at radius 1 is 1.56 bits per heavy atom. The van der Waals surface area contributed by atoms with Gasteiger partial charge in [0.2, 0.25) is 0 Å². The smallest absolute Gasteiger partial charge is 0.306 e. The molecule has 1 heterocycles. The molecule has 1 aromatic heterocycles. The molecule has 3 nitrogen and oxygen atoms in total. The molecule has 1 aromatic carbocycles. The van der Waals surface area contributed by atoms with Crippen molar-refractivity contribution in [1.29, 1.82) is 0 Å². The minimum Gasteiger partial charge on any atom is -0.481 e. The van der Waals surface area contributed by atoms with Crippen molar-refractivity contribution in [2.75, 3.05) is 0 Å². The highest BCUT2D eigenvalue weighted by Gasteiger charge is 2.14. The summed E-state index contributed by atoms with van der Waals surface area (Å²) < 4.78 is 0. The lowest BCUT2D eigenvalue weighted by molar-refractivity contribution is -0.141. The van der Waals surface area contributed by atoms with Crippen LogP contribution in [0.25, 0.3) is 10.9 Å². The molecule has 0 saturated carbocycles. The van der Waals surface area contributed by atoms with Gasteiger partial charge in [-0.25, -0.2) is 0 Å². The number of aromatic amines is 1. The Hall–Kier alpha value is -1.48.